The number of rotatable bonds is 15. The molecule has 0 bridgehead atoms. The van der Waals surface area contributed by atoms with E-state index in [4.69, 9.17) is 14.2 Å². The van der Waals surface area contributed by atoms with Crippen molar-refractivity contribution in [2.75, 3.05) is 21.3 Å². The molecule has 0 aliphatic carbocycles. The Morgan fingerprint density at radius 2 is 0.775 bits per heavy atom. The van der Waals surface area contributed by atoms with Gasteiger partial charge in [-0.3, -0.25) is 0 Å². The first kappa shape index (κ1) is 30.5. The van der Waals surface area contributed by atoms with Crippen LogP contribution in [0.15, 0.2) is 36.4 Å². The zero-order valence-corrected chi connectivity index (χ0v) is 22.8. The fourth-order valence-corrected chi connectivity index (χ4v) is 4.97. The highest BCUT2D eigenvalue weighted by molar-refractivity contribution is 5.65. The molecule has 0 aromatic heterocycles. The fraction of sp³-hybridized carbons (Fsp3) is 0.323. The molecule has 0 fully saturated rings. The third-order valence-electron chi connectivity index (χ3n) is 6.68. The summed E-state index contributed by atoms with van der Waals surface area (Å²) in [5.41, 5.74) is 4.64. The van der Waals surface area contributed by atoms with Crippen molar-refractivity contribution < 1.29 is 43.9 Å². The van der Waals surface area contributed by atoms with Gasteiger partial charge in [-0.05, 0) is 34.9 Å². The number of phenolic OH excluding ortho intramolecular Hbond substituents is 3. The van der Waals surface area contributed by atoms with Crippen molar-refractivity contribution in [2.45, 2.75) is 45.0 Å². The van der Waals surface area contributed by atoms with Gasteiger partial charge in [-0.25, -0.2) is 0 Å². The molecule has 0 saturated carbocycles. The van der Waals surface area contributed by atoms with Crippen molar-refractivity contribution in [1.82, 2.24) is 0 Å². The second-order valence-electron chi connectivity index (χ2n) is 9.41. The van der Waals surface area contributed by atoms with E-state index in [1.54, 1.807) is 36.4 Å². The standard InChI is InChI=1S/C31H34O9/c1-38-16-25-13-23(12-21(6-9-34)30(25)36)28(22-10-19(4-7-32)29(35)20(11-22)5-8-33)24-14-26(17-39-2)31(37)27(15-24)18-40-3/h7-15,28,35-37H,4-6,16-18H2,1-3H3. The molecule has 0 radical (unpaired) electrons. The van der Waals surface area contributed by atoms with E-state index >= 15 is 0 Å². The first-order valence-electron chi connectivity index (χ1n) is 12.6. The maximum Gasteiger partial charge on any atom is 0.126 e. The number of ether oxygens (including phenoxy) is 3. The number of benzene rings is 3. The minimum atomic E-state index is -0.579. The van der Waals surface area contributed by atoms with E-state index in [0.717, 1.165) is 0 Å². The van der Waals surface area contributed by atoms with Crippen LogP contribution in [-0.4, -0.2) is 55.5 Å². The van der Waals surface area contributed by atoms with Gasteiger partial charge in [0.25, 0.3) is 0 Å². The monoisotopic (exact) mass is 550 g/mol. The predicted octanol–water partition coefficient (Wildman–Crippen LogP) is 3.65. The quantitative estimate of drug-likeness (QED) is 0.191. The second kappa shape index (κ2) is 14.4. The Balaban J connectivity index is 2.44. The van der Waals surface area contributed by atoms with Crippen LogP contribution in [0.3, 0.4) is 0 Å². The molecule has 0 aliphatic heterocycles. The molecule has 0 aliphatic rings. The van der Waals surface area contributed by atoms with E-state index in [-0.39, 0.29) is 56.3 Å². The molecule has 0 saturated heterocycles. The maximum atomic E-state index is 11.5. The van der Waals surface area contributed by atoms with Crippen LogP contribution in [0.2, 0.25) is 0 Å². The molecule has 3 rings (SSSR count). The third-order valence-corrected chi connectivity index (χ3v) is 6.68. The summed E-state index contributed by atoms with van der Waals surface area (Å²) >= 11 is 0. The van der Waals surface area contributed by atoms with Gasteiger partial charge in [-0.2, -0.15) is 0 Å². The van der Waals surface area contributed by atoms with E-state index in [0.29, 0.717) is 68.9 Å². The second-order valence-corrected chi connectivity index (χ2v) is 9.41. The zero-order valence-electron chi connectivity index (χ0n) is 22.8. The topological polar surface area (TPSA) is 140 Å². The van der Waals surface area contributed by atoms with Crippen LogP contribution < -0.4 is 0 Å². The fourth-order valence-electron chi connectivity index (χ4n) is 4.97. The van der Waals surface area contributed by atoms with E-state index in [2.05, 4.69) is 0 Å². The molecule has 40 heavy (non-hydrogen) atoms. The van der Waals surface area contributed by atoms with E-state index in [9.17, 15) is 29.7 Å². The summed E-state index contributed by atoms with van der Waals surface area (Å²) in [5.74, 6) is -0.714. The number of hydrogen-bond donors (Lipinski definition) is 3. The van der Waals surface area contributed by atoms with Crippen molar-refractivity contribution in [3.8, 4) is 17.2 Å². The highest BCUT2D eigenvalue weighted by Gasteiger charge is 2.25. The van der Waals surface area contributed by atoms with Crippen molar-refractivity contribution in [1.29, 1.82) is 0 Å². The summed E-state index contributed by atoms with van der Waals surface area (Å²) in [5, 5.41) is 32.4. The molecule has 0 heterocycles. The Hall–Kier alpha value is -4.05. The van der Waals surface area contributed by atoms with Gasteiger partial charge in [0.05, 0.1) is 19.8 Å². The Kier molecular flexibility index (Phi) is 11.0. The van der Waals surface area contributed by atoms with Gasteiger partial charge in [-0.1, -0.05) is 18.2 Å². The van der Waals surface area contributed by atoms with Crippen molar-refractivity contribution in [2.24, 2.45) is 0 Å². The summed E-state index contributed by atoms with van der Waals surface area (Å²) in [6.45, 7) is 0.318. The highest BCUT2D eigenvalue weighted by atomic mass is 16.5. The number of aromatic hydroxyl groups is 3. The average molecular weight is 551 g/mol. The lowest BCUT2D eigenvalue weighted by atomic mass is 9.80. The maximum absolute atomic E-state index is 11.5. The number of carbonyl (C=O) groups is 3. The lowest BCUT2D eigenvalue weighted by Gasteiger charge is -2.25. The molecule has 9 heteroatoms. The minimum absolute atomic E-state index is 0.0348. The van der Waals surface area contributed by atoms with Crippen LogP contribution >= 0.6 is 0 Å². The molecule has 9 nitrogen and oxygen atoms in total. The van der Waals surface area contributed by atoms with Gasteiger partial charge >= 0.3 is 0 Å². The molecule has 1 unspecified atom stereocenters. The van der Waals surface area contributed by atoms with Gasteiger partial charge in [-0.15, -0.1) is 0 Å². The Labute approximate surface area is 232 Å². The van der Waals surface area contributed by atoms with Gasteiger partial charge in [0, 0.05) is 79.9 Å². The zero-order chi connectivity index (χ0) is 29.2. The Morgan fingerprint density at radius 1 is 0.525 bits per heavy atom. The van der Waals surface area contributed by atoms with Gasteiger partial charge in [0.1, 0.15) is 36.1 Å². The molecular formula is C31H34O9. The molecule has 3 aromatic rings. The summed E-state index contributed by atoms with van der Waals surface area (Å²) in [4.78, 5) is 34.4. The van der Waals surface area contributed by atoms with Crippen molar-refractivity contribution >= 4 is 18.9 Å². The van der Waals surface area contributed by atoms with Crippen LogP contribution in [0.4, 0.5) is 0 Å². The van der Waals surface area contributed by atoms with Crippen LogP contribution in [0, 0.1) is 0 Å². The van der Waals surface area contributed by atoms with Gasteiger partial charge in [0.15, 0.2) is 0 Å². The number of aldehydes is 3. The average Bonchev–Trinajstić information content (AvgIpc) is 2.92. The summed E-state index contributed by atoms with van der Waals surface area (Å²) < 4.78 is 15.9. The van der Waals surface area contributed by atoms with E-state index in [1.165, 1.54) is 21.3 Å². The molecule has 1 atom stereocenters. The molecule has 212 valence electrons. The number of phenols is 3. The summed E-state index contributed by atoms with van der Waals surface area (Å²) in [6.07, 6.45) is 1.86. The highest BCUT2D eigenvalue weighted by Crippen LogP contribution is 2.41. The van der Waals surface area contributed by atoms with Crippen LogP contribution in [-0.2, 0) is 67.7 Å². The summed E-state index contributed by atoms with van der Waals surface area (Å²) in [6, 6.07) is 10.5. The normalized spacial score (nSPS) is 11.8. The Morgan fingerprint density at radius 3 is 1.05 bits per heavy atom. The number of methoxy groups -OCH3 is 3. The smallest absolute Gasteiger partial charge is 0.126 e. The molecular weight excluding hydrogens is 516 g/mol. The molecule has 0 amide bonds. The molecule has 0 spiro atoms. The third kappa shape index (κ3) is 6.74. The van der Waals surface area contributed by atoms with Crippen LogP contribution in [0.5, 0.6) is 17.2 Å². The first-order valence-corrected chi connectivity index (χ1v) is 12.6. The largest absolute Gasteiger partial charge is 0.507 e. The number of carbonyl (C=O) groups excluding carboxylic acids is 3. The van der Waals surface area contributed by atoms with E-state index < -0.39 is 5.92 Å². The first-order chi connectivity index (χ1) is 19.3. The van der Waals surface area contributed by atoms with Gasteiger partial charge < -0.3 is 43.9 Å². The van der Waals surface area contributed by atoms with Crippen molar-refractivity contribution in [3.63, 3.8) is 0 Å². The predicted molar refractivity (Wildman–Crippen MR) is 147 cm³/mol. The number of hydrogen-bond acceptors (Lipinski definition) is 9. The minimum Gasteiger partial charge on any atom is -0.507 e. The van der Waals surface area contributed by atoms with Crippen molar-refractivity contribution in [3.05, 3.63) is 86.5 Å². The lowest BCUT2D eigenvalue weighted by Crippen LogP contribution is -2.10. The van der Waals surface area contributed by atoms with Gasteiger partial charge in [0.2, 0.25) is 0 Å². The summed E-state index contributed by atoms with van der Waals surface area (Å²) in [7, 11) is 4.52. The molecule has 3 aromatic carbocycles. The SMILES string of the molecule is COCc1cc(C(c2cc(CC=O)c(O)c(CC=O)c2)c2cc(COC)c(O)c(COC)c2)cc(CC=O)c1O. The van der Waals surface area contributed by atoms with Crippen LogP contribution in [0.1, 0.15) is 56.0 Å². The van der Waals surface area contributed by atoms with E-state index in [1.807, 2.05) is 0 Å². The van der Waals surface area contributed by atoms with Crippen LogP contribution in [0.25, 0.3) is 0 Å². The Bertz CT molecular complexity index is 1310. The molecule has 3 N–H and O–H groups in total. The lowest BCUT2D eigenvalue weighted by molar-refractivity contribution is -0.108.